The number of allylic oxidation sites excluding steroid dienone is 3. The van der Waals surface area contributed by atoms with Crippen LogP contribution in [0.4, 0.5) is 0 Å². The van der Waals surface area contributed by atoms with Crippen molar-refractivity contribution in [1.82, 2.24) is 9.97 Å². The second kappa shape index (κ2) is 5.12. The Bertz CT molecular complexity index is 831. The van der Waals surface area contributed by atoms with E-state index in [1.807, 2.05) is 24.3 Å². The van der Waals surface area contributed by atoms with Gasteiger partial charge in [-0.05, 0) is 35.9 Å². The van der Waals surface area contributed by atoms with Crippen LogP contribution in [-0.4, -0.2) is 9.97 Å². The van der Waals surface area contributed by atoms with Gasteiger partial charge >= 0.3 is 0 Å². The Morgan fingerprint density at radius 2 is 2.20 bits per heavy atom. The topological polar surface area (TPSA) is 49.6 Å². The molecule has 0 unspecified atom stereocenters. The molecule has 0 spiro atoms. The minimum absolute atomic E-state index is 0.184. The molecule has 2 heterocycles. The summed E-state index contributed by atoms with van der Waals surface area (Å²) < 4.78 is 0. The van der Waals surface area contributed by atoms with E-state index in [0.717, 1.165) is 20.9 Å². The molecule has 1 aromatic heterocycles. The van der Waals surface area contributed by atoms with Crippen molar-refractivity contribution in [2.24, 2.45) is 0 Å². The van der Waals surface area contributed by atoms with E-state index in [-0.39, 0.29) is 5.28 Å². The molecule has 0 saturated carbocycles. The number of hydrogen-bond donors (Lipinski definition) is 0. The van der Waals surface area contributed by atoms with Gasteiger partial charge < -0.3 is 0 Å². The third-order valence-electron chi connectivity index (χ3n) is 2.80. The van der Waals surface area contributed by atoms with E-state index in [4.69, 9.17) is 16.9 Å². The van der Waals surface area contributed by atoms with Gasteiger partial charge in [0.15, 0.2) is 0 Å². The highest BCUT2D eigenvalue weighted by Crippen LogP contribution is 2.41. The van der Waals surface area contributed by atoms with Crippen molar-refractivity contribution in [3.05, 3.63) is 58.4 Å². The Morgan fingerprint density at radius 3 is 2.95 bits per heavy atom. The Kier molecular flexibility index (Phi) is 3.31. The highest BCUT2D eigenvalue weighted by atomic mass is 35.5. The van der Waals surface area contributed by atoms with Crippen LogP contribution in [0.5, 0.6) is 0 Å². The number of aromatic nitrogens is 2. The quantitative estimate of drug-likeness (QED) is 0.611. The number of nitriles is 1. The van der Waals surface area contributed by atoms with Gasteiger partial charge in [0.2, 0.25) is 5.28 Å². The molecule has 0 amide bonds. The molecule has 0 fully saturated rings. The van der Waals surface area contributed by atoms with Crippen LogP contribution in [0.3, 0.4) is 0 Å². The Morgan fingerprint density at radius 1 is 1.35 bits per heavy atom. The highest BCUT2D eigenvalue weighted by Gasteiger charge is 2.17. The highest BCUT2D eigenvalue weighted by molar-refractivity contribution is 8.03. The number of benzene rings is 1. The normalized spacial score (nSPS) is 13.3. The van der Waals surface area contributed by atoms with E-state index < -0.39 is 0 Å². The van der Waals surface area contributed by atoms with Gasteiger partial charge in [-0.3, -0.25) is 0 Å². The SMILES string of the molecule is C=C/C=C\C1=Cc2nc(Cl)nc3cc(C#N)cc(c23)S1. The molecule has 3 nitrogen and oxygen atoms in total. The van der Waals surface area contributed by atoms with Crippen LogP contribution >= 0.6 is 23.4 Å². The molecular weight excluding hydrogens is 290 g/mol. The van der Waals surface area contributed by atoms with Gasteiger partial charge in [0.25, 0.3) is 0 Å². The first-order valence-electron chi connectivity index (χ1n) is 5.81. The van der Waals surface area contributed by atoms with Gasteiger partial charge in [0, 0.05) is 15.2 Å². The summed E-state index contributed by atoms with van der Waals surface area (Å²) in [7, 11) is 0. The molecular formula is C15H8ClN3S. The summed E-state index contributed by atoms with van der Waals surface area (Å²) in [6.07, 6.45) is 7.48. The maximum Gasteiger partial charge on any atom is 0.223 e. The van der Waals surface area contributed by atoms with Crippen LogP contribution in [0.15, 0.2) is 46.7 Å². The van der Waals surface area contributed by atoms with Gasteiger partial charge in [-0.2, -0.15) is 5.26 Å². The van der Waals surface area contributed by atoms with E-state index in [9.17, 15) is 0 Å². The van der Waals surface area contributed by atoms with Gasteiger partial charge in [0.1, 0.15) is 0 Å². The van der Waals surface area contributed by atoms with Crippen molar-refractivity contribution in [3.8, 4) is 6.07 Å². The monoisotopic (exact) mass is 297 g/mol. The number of thioether (sulfide) groups is 1. The molecule has 1 aromatic carbocycles. The van der Waals surface area contributed by atoms with E-state index in [1.165, 1.54) is 0 Å². The summed E-state index contributed by atoms with van der Waals surface area (Å²) in [6, 6.07) is 5.73. The molecule has 0 aliphatic carbocycles. The lowest BCUT2D eigenvalue weighted by atomic mass is 10.1. The summed E-state index contributed by atoms with van der Waals surface area (Å²) in [4.78, 5) is 10.5. The fourth-order valence-corrected chi connectivity index (χ4v) is 3.26. The third-order valence-corrected chi connectivity index (χ3v) is 4.00. The van der Waals surface area contributed by atoms with Crippen LogP contribution in [0.1, 0.15) is 11.3 Å². The predicted octanol–water partition coefficient (Wildman–Crippen LogP) is 4.34. The van der Waals surface area contributed by atoms with Gasteiger partial charge in [0.05, 0.1) is 22.8 Å². The molecule has 5 heteroatoms. The summed E-state index contributed by atoms with van der Waals surface area (Å²) in [5, 5.41) is 10.2. The lowest BCUT2D eigenvalue weighted by Gasteiger charge is -2.15. The molecule has 0 saturated heterocycles. The van der Waals surface area contributed by atoms with Crippen LogP contribution in [0.2, 0.25) is 5.28 Å². The molecule has 0 bridgehead atoms. The fraction of sp³-hybridized carbons (Fsp3) is 0. The Hall–Kier alpha value is -2.09. The summed E-state index contributed by atoms with van der Waals surface area (Å²) in [5.41, 5.74) is 2.04. The lowest BCUT2D eigenvalue weighted by Crippen LogP contribution is -1.97. The first kappa shape index (κ1) is 12.9. The van der Waals surface area contributed by atoms with Crippen molar-refractivity contribution in [3.63, 3.8) is 0 Å². The maximum atomic E-state index is 9.10. The van der Waals surface area contributed by atoms with Crippen molar-refractivity contribution in [1.29, 1.82) is 5.26 Å². The minimum atomic E-state index is 0.184. The minimum Gasteiger partial charge on any atom is -0.218 e. The van der Waals surface area contributed by atoms with E-state index in [1.54, 1.807) is 23.9 Å². The number of halogens is 1. The Labute approximate surface area is 125 Å². The number of hydrogen-bond acceptors (Lipinski definition) is 4. The van der Waals surface area contributed by atoms with Gasteiger partial charge in [-0.25, -0.2) is 9.97 Å². The van der Waals surface area contributed by atoms with Crippen molar-refractivity contribution in [2.45, 2.75) is 4.90 Å². The second-order valence-corrected chi connectivity index (χ2v) is 5.56. The predicted molar refractivity (Wildman–Crippen MR) is 82.4 cm³/mol. The molecule has 0 radical (unpaired) electrons. The molecule has 0 atom stereocenters. The van der Waals surface area contributed by atoms with Crippen LogP contribution in [0.25, 0.3) is 17.0 Å². The van der Waals surface area contributed by atoms with E-state index in [2.05, 4.69) is 22.6 Å². The largest absolute Gasteiger partial charge is 0.223 e. The average molecular weight is 298 g/mol. The number of nitrogens with zero attached hydrogens (tertiary/aromatic N) is 3. The molecule has 96 valence electrons. The van der Waals surface area contributed by atoms with Gasteiger partial charge in [-0.1, -0.05) is 30.5 Å². The molecule has 20 heavy (non-hydrogen) atoms. The lowest BCUT2D eigenvalue weighted by molar-refractivity contribution is 1.19. The number of rotatable bonds is 2. The fourth-order valence-electron chi connectivity index (χ4n) is 2.01. The Balaban J connectivity index is 2.29. The van der Waals surface area contributed by atoms with Crippen molar-refractivity contribution in [2.75, 3.05) is 0 Å². The molecule has 0 N–H and O–H groups in total. The smallest absolute Gasteiger partial charge is 0.218 e. The first-order chi connectivity index (χ1) is 9.71. The van der Waals surface area contributed by atoms with Crippen molar-refractivity contribution >= 4 is 40.3 Å². The zero-order valence-electron chi connectivity index (χ0n) is 10.3. The summed E-state index contributed by atoms with van der Waals surface area (Å²) in [5.74, 6) is 0. The van der Waals surface area contributed by atoms with E-state index in [0.29, 0.717) is 11.1 Å². The standard InChI is InChI=1S/C15H8ClN3S/c1-2-3-4-10-7-12-14-11(18-15(16)19-12)5-9(8-17)6-13(14)20-10/h2-7H,1H2/b4-3-. The molecule has 2 aromatic rings. The molecule has 1 aliphatic heterocycles. The van der Waals surface area contributed by atoms with Crippen molar-refractivity contribution < 1.29 is 0 Å². The van der Waals surface area contributed by atoms with E-state index >= 15 is 0 Å². The first-order valence-corrected chi connectivity index (χ1v) is 7.01. The van der Waals surface area contributed by atoms with Crippen LogP contribution in [0, 0.1) is 11.3 Å². The summed E-state index contributed by atoms with van der Waals surface area (Å²) >= 11 is 7.53. The third kappa shape index (κ3) is 2.22. The maximum absolute atomic E-state index is 9.10. The zero-order valence-corrected chi connectivity index (χ0v) is 11.9. The van der Waals surface area contributed by atoms with Crippen LogP contribution < -0.4 is 0 Å². The van der Waals surface area contributed by atoms with Crippen LogP contribution in [-0.2, 0) is 0 Å². The summed E-state index contributed by atoms with van der Waals surface area (Å²) in [6.45, 7) is 3.66. The molecule has 1 aliphatic rings. The second-order valence-electron chi connectivity index (χ2n) is 4.10. The molecule has 3 rings (SSSR count). The zero-order chi connectivity index (χ0) is 14.1. The van der Waals surface area contributed by atoms with Gasteiger partial charge in [-0.15, -0.1) is 0 Å². The average Bonchev–Trinajstić information content (AvgIpc) is 2.44.